The fraction of sp³-hybridized carbons (Fsp3) is 0.727. The number of carbonyl (C=O) groups excluding carboxylic acids is 2. The first kappa shape index (κ1) is 20.7. The molecule has 2 unspecified atom stereocenters. The molecule has 1 heterocycles. The van der Waals surface area contributed by atoms with Gasteiger partial charge in [-0.05, 0) is 56.6 Å². The van der Waals surface area contributed by atoms with E-state index in [1.54, 1.807) is 19.9 Å². The molecule has 3 saturated carbocycles. The fourth-order valence-corrected chi connectivity index (χ4v) is 8.02. The van der Waals surface area contributed by atoms with Crippen LogP contribution in [0.3, 0.4) is 0 Å². The highest BCUT2D eigenvalue weighted by Crippen LogP contribution is 2.67. The Labute approximate surface area is 177 Å². The van der Waals surface area contributed by atoms with Crippen LogP contribution in [0.2, 0.25) is 0 Å². The van der Waals surface area contributed by atoms with Crippen molar-refractivity contribution in [3.63, 3.8) is 0 Å². The van der Waals surface area contributed by atoms with Crippen LogP contribution in [0.4, 0.5) is 4.39 Å². The largest absolute Gasteiger partial charge is 0.390 e. The molecule has 1 aliphatic heterocycles. The number of hydrogen-bond donors (Lipinski definition) is 1. The molecule has 4 aliphatic carbocycles. The van der Waals surface area contributed by atoms with Crippen LogP contribution >= 0.6 is 0 Å². The maximum atomic E-state index is 17.0. The predicted octanol–water partition coefficient (Wildman–Crippen LogP) is 2.54. The standard InChI is InChI=1S/C22H27FO6S/c1-12-8-16-15-5-4-13-9-14(24)6-7-20(13,3)22(15,23)17(25)10-19(16,2)18(26)21(12)11-28-30(27)29-21/h6-7,9,12,15-17,25H,4-5,8,10-11H2,1-3H3/t12-,15-,16-,17-,19-,20-,21?,22-,30?/m0/s1. The number of hydrogen-bond acceptors (Lipinski definition) is 6. The van der Waals surface area contributed by atoms with Gasteiger partial charge in [-0.15, -0.1) is 0 Å². The van der Waals surface area contributed by atoms with Crippen molar-refractivity contribution < 1.29 is 31.7 Å². The van der Waals surface area contributed by atoms with Crippen molar-refractivity contribution in [2.24, 2.45) is 28.6 Å². The number of ketones is 2. The summed E-state index contributed by atoms with van der Waals surface area (Å²) < 4.78 is 39.4. The van der Waals surface area contributed by atoms with E-state index in [-0.39, 0.29) is 36.4 Å². The molecule has 30 heavy (non-hydrogen) atoms. The van der Waals surface area contributed by atoms with E-state index in [0.717, 1.165) is 0 Å². The van der Waals surface area contributed by atoms with E-state index in [1.807, 2.05) is 6.92 Å². The Morgan fingerprint density at radius 2 is 2.00 bits per heavy atom. The number of Topliss-reactive ketones (excluding diaryl/α,β-unsaturated/α-hetero) is 1. The van der Waals surface area contributed by atoms with Crippen LogP contribution in [-0.4, -0.2) is 44.9 Å². The van der Waals surface area contributed by atoms with Gasteiger partial charge in [-0.3, -0.25) is 18.0 Å². The Morgan fingerprint density at radius 1 is 1.27 bits per heavy atom. The Morgan fingerprint density at radius 3 is 2.67 bits per heavy atom. The third-order valence-corrected chi connectivity index (χ3v) is 9.67. The van der Waals surface area contributed by atoms with E-state index >= 15 is 4.39 Å². The number of fused-ring (bicyclic) bond motifs is 5. The maximum Gasteiger partial charge on any atom is 0.305 e. The van der Waals surface area contributed by atoms with Crippen LogP contribution in [-0.2, 0) is 29.3 Å². The minimum absolute atomic E-state index is 0.0430. The van der Waals surface area contributed by atoms with Gasteiger partial charge in [0.1, 0.15) is 6.61 Å². The molecular weight excluding hydrogens is 411 g/mol. The van der Waals surface area contributed by atoms with Gasteiger partial charge in [-0.1, -0.05) is 25.5 Å². The molecule has 1 spiro atoms. The van der Waals surface area contributed by atoms with Crippen LogP contribution in [0.15, 0.2) is 23.8 Å². The van der Waals surface area contributed by atoms with E-state index in [0.29, 0.717) is 24.8 Å². The smallest absolute Gasteiger partial charge is 0.305 e. The fourth-order valence-electron chi connectivity index (χ4n) is 7.17. The number of alkyl halides is 1. The Bertz CT molecular complexity index is 931. The van der Waals surface area contributed by atoms with Crippen molar-refractivity contribution in [2.45, 2.75) is 63.8 Å². The van der Waals surface area contributed by atoms with Crippen LogP contribution in [0.25, 0.3) is 0 Å². The molecule has 164 valence electrons. The zero-order valence-corrected chi connectivity index (χ0v) is 18.2. The van der Waals surface area contributed by atoms with Crippen LogP contribution in [0.5, 0.6) is 0 Å². The Hall–Kier alpha value is -1.22. The summed E-state index contributed by atoms with van der Waals surface area (Å²) in [5.41, 5.74) is -4.66. The van der Waals surface area contributed by atoms with Crippen LogP contribution in [0.1, 0.15) is 46.5 Å². The summed E-state index contributed by atoms with van der Waals surface area (Å²) in [6.45, 7) is 5.32. The summed E-state index contributed by atoms with van der Waals surface area (Å²) in [5.74, 6) is -1.52. The molecule has 5 aliphatic rings. The predicted molar refractivity (Wildman–Crippen MR) is 106 cm³/mol. The molecule has 4 fully saturated rings. The van der Waals surface area contributed by atoms with Gasteiger partial charge < -0.3 is 5.11 Å². The summed E-state index contributed by atoms with van der Waals surface area (Å²) in [7, 11) is 0. The molecule has 6 nitrogen and oxygen atoms in total. The number of carbonyl (C=O) groups is 2. The molecule has 0 amide bonds. The lowest BCUT2D eigenvalue weighted by Gasteiger charge is -2.64. The van der Waals surface area contributed by atoms with E-state index < -0.39 is 45.5 Å². The highest BCUT2D eigenvalue weighted by molar-refractivity contribution is 7.75. The van der Waals surface area contributed by atoms with Gasteiger partial charge in [0.05, 0.1) is 6.10 Å². The van der Waals surface area contributed by atoms with Gasteiger partial charge in [-0.25, -0.2) is 4.39 Å². The number of allylic oxidation sites excluding steroid dienone is 4. The van der Waals surface area contributed by atoms with E-state index in [1.165, 1.54) is 12.2 Å². The number of aliphatic hydroxyl groups excluding tert-OH is 1. The second-order valence-electron chi connectivity index (χ2n) is 10.2. The van der Waals surface area contributed by atoms with Gasteiger partial charge in [0.15, 0.2) is 22.8 Å². The summed E-state index contributed by atoms with van der Waals surface area (Å²) in [6, 6.07) is 0. The zero-order chi connectivity index (χ0) is 21.7. The van der Waals surface area contributed by atoms with Gasteiger partial charge in [0.25, 0.3) is 0 Å². The number of halogens is 1. The molecule has 0 aromatic rings. The lowest BCUT2D eigenvalue weighted by molar-refractivity contribution is -0.219. The van der Waals surface area contributed by atoms with E-state index in [4.69, 9.17) is 8.37 Å². The van der Waals surface area contributed by atoms with Gasteiger partial charge in [-0.2, -0.15) is 4.21 Å². The summed E-state index contributed by atoms with van der Waals surface area (Å²) in [4.78, 5) is 25.6. The molecule has 0 radical (unpaired) electrons. The molecular formula is C22H27FO6S. The first-order chi connectivity index (χ1) is 14.0. The molecule has 1 N–H and O–H groups in total. The second-order valence-corrected chi connectivity index (χ2v) is 11.0. The Balaban J connectivity index is 1.59. The number of aliphatic hydroxyl groups is 1. The molecule has 5 rings (SSSR count). The molecule has 0 bridgehead atoms. The average molecular weight is 439 g/mol. The van der Waals surface area contributed by atoms with Crippen molar-refractivity contribution in [2.75, 3.05) is 6.61 Å². The van der Waals surface area contributed by atoms with Crippen LogP contribution in [0, 0.1) is 28.6 Å². The second kappa shape index (κ2) is 6.18. The first-order valence-corrected chi connectivity index (χ1v) is 11.6. The minimum Gasteiger partial charge on any atom is -0.390 e. The summed E-state index contributed by atoms with van der Waals surface area (Å²) in [6.07, 6.45) is 4.61. The molecule has 9 atom stereocenters. The quantitative estimate of drug-likeness (QED) is 0.625. The van der Waals surface area contributed by atoms with Gasteiger partial charge in [0.2, 0.25) is 0 Å². The first-order valence-electron chi connectivity index (χ1n) is 10.6. The van der Waals surface area contributed by atoms with Gasteiger partial charge in [0, 0.05) is 16.7 Å². The topological polar surface area (TPSA) is 89.9 Å². The normalized spacial score (nSPS) is 55.1. The van der Waals surface area contributed by atoms with E-state index in [9.17, 15) is 18.9 Å². The Kier molecular flexibility index (Phi) is 4.26. The van der Waals surface area contributed by atoms with Crippen molar-refractivity contribution in [3.05, 3.63) is 23.8 Å². The van der Waals surface area contributed by atoms with Gasteiger partial charge >= 0.3 is 11.4 Å². The average Bonchev–Trinajstić information content (AvgIpc) is 3.08. The lowest BCUT2D eigenvalue weighted by atomic mass is 9.41. The van der Waals surface area contributed by atoms with E-state index in [2.05, 4.69) is 0 Å². The highest BCUT2D eigenvalue weighted by atomic mass is 32.2. The minimum atomic E-state index is -1.98. The van der Waals surface area contributed by atoms with Crippen LogP contribution < -0.4 is 0 Å². The van der Waals surface area contributed by atoms with Crippen molar-refractivity contribution in [3.8, 4) is 0 Å². The monoisotopic (exact) mass is 438 g/mol. The lowest BCUT2D eigenvalue weighted by Crippen LogP contribution is -2.72. The number of rotatable bonds is 0. The maximum absolute atomic E-state index is 17.0. The molecule has 0 aromatic carbocycles. The molecule has 8 heteroatoms. The van der Waals surface area contributed by atoms with Crippen molar-refractivity contribution in [1.29, 1.82) is 0 Å². The summed E-state index contributed by atoms with van der Waals surface area (Å²) >= 11 is -1.98. The molecule has 0 aromatic heterocycles. The summed E-state index contributed by atoms with van der Waals surface area (Å²) in [5, 5.41) is 11.2. The SMILES string of the molecule is C[C@H]1C[C@H]2[C@@H]3CCC4=CC(=O)C=C[C@]4(C)[C@@]3(F)[C@@H](O)C[C@]2(C)C(=O)C12COS(=O)O2. The third-order valence-electron chi connectivity index (χ3n) is 8.92. The van der Waals surface area contributed by atoms with Crippen molar-refractivity contribution >= 4 is 22.9 Å². The third kappa shape index (κ3) is 2.26. The highest BCUT2D eigenvalue weighted by Gasteiger charge is 2.73. The van der Waals surface area contributed by atoms with Crippen molar-refractivity contribution in [1.82, 2.24) is 0 Å². The zero-order valence-electron chi connectivity index (χ0n) is 17.4. The molecule has 1 saturated heterocycles.